The zero-order valence-electron chi connectivity index (χ0n) is 15.7. The third-order valence-corrected chi connectivity index (χ3v) is 4.56. The van der Waals surface area contributed by atoms with Gasteiger partial charge in [0.05, 0.1) is 25.4 Å². The zero-order chi connectivity index (χ0) is 20.1. The van der Waals surface area contributed by atoms with Crippen LogP contribution in [0.1, 0.15) is 13.3 Å². The molecular weight excluding hydrogens is 382 g/mol. The van der Waals surface area contributed by atoms with Crippen LogP contribution in [-0.2, 0) is 4.79 Å². The number of amides is 3. The van der Waals surface area contributed by atoms with Crippen molar-refractivity contribution < 1.29 is 19.1 Å². The highest BCUT2D eigenvalue weighted by molar-refractivity contribution is 6.31. The Morgan fingerprint density at radius 3 is 2.68 bits per heavy atom. The summed E-state index contributed by atoms with van der Waals surface area (Å²) in [5.41, 5.74) is 1.23. The Labute approximate surface area is 168 Å². The van der Waals surface area contributed by atoms with Crippen molar-refractivity contribution in [2.75, 3.05) is 30.5 Å². The normalized spacial score (nSPS) is 16.0. The van der Waals surface area contributed by atoms with Crippen molar-refractivity contribution in [2.45, 2.75) is 19.4 Å². The summed E-state index contributed by atoms with van der Waals surface area (Å²) in [6.07, 6.45) is 0.229. The SMILES string of the molecule is CCOc1ccc(N2CC(NC(=O)Nc3cc(Cl)ccc3OC)CC2=O)cc1. The first-order valence-corrected chi connectivity index (χ1v) is 9.32. The molecule has 0 bridgehead atoms. The topological polar surface area (TPSA) is 79.9 Å². The van der Waals surface area contributed by atoms with Crippen LogP contribution in [0.15, 0.2) is 42.5 Å². The average molecular weight is 404 g/mol. The molecule has 1 saturated heterocycles. The van der Waals surface area contributed by atoms with Gasteiger partial charge in [-0.3, -0.25) is 4.79 Å². The Kier molecular flexibility index (Phi) is 6.26. The maximum atomic E-state index is 12.4. The molecule has 0 saturated carbocycles. The van der Waals surface area contributed by atoms with E-state index < -0.39 is 6.03 Å². The molecule has 1 aliphatic rings. The van der Waals surface area contributed by atoms with Gasteiger partial charge in [-0.15, -0.1) is 0 Å². The molecule has 3 amide bonds. The van der Waals surface area contributed by atoms with Gasteiger partial charge in [0.1, 0.15) is 11.5 Å². The molecule has 3 rings (SSSR count). The van der Waals surface area contributed by atoms with Crippen molar-refractivity contribution in [3.8, 4) is 11.5 Å². The van der Waals surface area contributed by atoms with Crippen LogP contribution < -0.4 is 25.0 Å². The first kappa shape index (κ1) is 19.8. The van der Waals surface area contributed by atoms with Crippen molar-refractivity contribution in [1.29, 1.82) is 0 Å². The number of hydrogen-bond acceptors (Lipinski definition) is 4. The maximum absolute atomic E-state index is 12.4. The Hall–Kier alpha value is -2.93. The van der Waals surface area contributed by atoms with Crippen LogP contribution in [-0.4, -0.2) is 38.2 Å². The van der Waals surface area contributed by atoms with E-state index in [4.69, 9.17) is 21.1 Å². The second-order valence-electron chi connectivity index (χ2n) is 6.28. The number of hydrogen-bond donors (Lipinski definition) is 2. The molecule has 28 heavy (non-hydrogen) atoms. The molecule has 2 N–H and O–H groups in total. The number of anilines is 2. The van der Waals surface area contributed by atoms with Gasteiger partial charge in [0, 0.05) is 23.7 Å². The Balaban J connectivity index is 1.61. The minimum absolute atomic E-state index is 0.0465. The molecule has 0 radical (unpaired) electrons. The average Bonchev–Trinajstić information content (AvgIpc) is 3.02. The number of carbonyl (C=O) groups is 2. The Morgan fingerprint density at radius 1 is 1.25 bits per heavy atom. The first-order chi connectivity index (χ1) is 13.5. The van der Waals surface area contributed by atoms with Gasteiger partial charge in [-0.25, -0.2) is 4.79 Å². The zero-order valence-corrected chi connectivity index (χ0v) is 16.5. The van der Waals surface area contributed by atoms with E-state index in [1.807, 2.05) is 31.2 Å². The van der Waals surface area contributed by atoms with Crippen molar-refractivity contribution in [2.24, 2.45) is 0 Å². The predicted octanol–water partition coefficient (Wildman–Crippen LogP) is 3.67. The number of ether oxygens (including phenoxy) is 2. The lowest BCUT2D eigenvalue weighted by Crippen LogP contribution is -2.39. The van der Waals surface area contributed by atoms with Crippen LogP contribution in [0.3, 0.4) is 0 Å². The fourth-order valence-corrected chi connectivity index (χ4v) is 3.24. The molecule has 148 valence electrons. The van der Waals surface area contributed by atoms with E-state index in [1.165, 1.54) is 7.11 Å². The molecule has 1 atom stereocenters. The molecule has 7 nitrogen and oxygen atoms in total. The molecule has 0 aromatic heterocycles. The van der Waals surface area contributed by atoms with Crippen LogP contribution in [0.25, 0.3) is 0 Å². The van der Waals surface area contributed by atoms with Crippen molar-refractivity contribution >= 4 is 34.9 Å². The van der Waals surface area contributed by atoms with E-state index in [0.29, 0.717) is 29.6 Å². The predicted molar refractivity (Wildman–Crippen MR) is 109 cm³/mol. The Bertz CT molecular complexity index is 857. The van der Waals surface area contributed by atoms with Crippen LogP contribution in [0.5, 0.6) is 11.5 Å². The van der Waals surface area contributed by atoms with Gasteiger partial charge in [-0.05, 0) is 49.4 Å². The van der Waals surface area contributed by atoms with E-state index >= 15 is 0 Å². The molecule has 8 heteroatoms. The van der Waals surface area contributed by atoms with E-state index in [0.717, 1.165) is 11.4 Å². The summed E-state index contributed by atoms with van der Waals surface area (Å²) in [6.45, 7) is 2.89. The van der Waals surface area contributed by atoms with Gasteiger partial charge in [0.25, 0.3) is 0 Å². The molecule has 1 unspecified atom stereocenters. The molecule has 0 aliphatic carbocycles. The highest BCUT2D eigenvalue weighted by Gasteiger charge is 2.31. The highest BCUT2D eigenvalue weighted by atomic mass is 35.5. The van der Waals surface area contributed by atoms with Gasteiger partial charge in [-0.1, -0.05) is 11.6 Å². The second-order valence-corrected chi connectivity index (χ2v) is 6.71. The standard InChI is InChI=1S/C20H22ClN3O4/c1-3-28-16-7-5-15(6-8-16)24-12-14(11-19(24)25)22-20(26)23-17-10-13(21)4-9-18(17)27-2/h4-10,14H,3,11-12H2,1-2H3,(H2,22,23,26). The summed E-state index contributed by atoms with van der Waals surface area (Å²) >= 11 is 5.98. The molecule has 1 fully saturated rings. The lowest BCUT2D eigenvalue weighted by molar-refractivity contribution is -0.117. The third kappa shape index (κ3) is 4.67. The first-order valence-electron chi connectivity index (χ1n) is 8.94. The highest BCUT2D eigenvalue weighted by Crippen LogP contribution is 2.28. The van der Waals surface area contributed by atoms with Crippen LogP contribution in [0, 0.1) is 0 Å². The van der Waals surface area contributed by atoms with Crippen molar-refractivity contribution in [1.82, 2.24) is 5.32 Å². The number of carbonyl (C=O) groups excluding carboxylic acids is 2. The van der Waals surface area contributed by atoms with Gasteiger partial charge >= 0.3 is 6.03 Å². The Morgan fingerprint density at radius 2 is 2.00 bits per heavy atom. The number of nitrogens with one attached hydrogen (secondary N) is 2. The lowest BCUT2D eigenvalue weighted by Gasteiger charge is -2.18. The maximum Gasteiger partial charge on any atom is 0.319 e. The summed E-state index contributed by atoms with van der Waals surface area (Å²) < 4.78 is 10.6. The number of halogens is 1. The lowest BCUT2D eigenvalue weighted by atomic mass is 10.2. The van der Waals surface area contributed by atoms with E-state index in [9.17, 15) is 9.59 Å². The molecule has 1 aliphatic heterocycles. The van der Waals surface area contributed by atoms with Crippen LogP contribution in [0.2, 0.25) is 5.02 Å². The summed E-state index contributed by atoms with van der Waals surface area (Å²) in [5, 5.41) is 6.02. The van der Waals surface area contributed by atoms with Crippen LogP contribution in [0.4, 0.5) is 16.2 Å². The fraction of sp³-hybridized carbons (Fsp3) is 0.300. The fourth-order valence-electron chi connectivity index (χ4n) is 3.06. The van der Waals surface area contributed by atoms with Crippen LogP contribution >= 0.6 is 11.6 Å². The van der Waals surface area contributed by atoms with Gasteiger partial charge in [0.2, 0.25) is 5.91 Å². The monoisotopic (exact) mass is 403 g/mol. The van der Waals surface area contributed by atoms with Crippen molar-refractivity contribution in [3.63, 3.8) is 0 Å². The molecular formula is C20H22ClN3O4. The summed E-state index contributed by atoms with van der Waals surface area (Å²) in [6, 6.07) is 11.5. The van der Waals surface area contributed by atoms with Crippen molar-refractivity contribution in [3.05, 3.63) is 47.5 Å². The smallest absolute Gasteiger partial charge is 0.319 e. The van der Waals surface area contributed by atoms with E-state index in [1.54, 1.807) is 23.1 Å². The van der Waals surface area contributed by atoms with E-state index in [2.05, 4.69) is 10.6 Å². The summed E-state index contributed by atoms with van der Waals surface area (Å²) in [5.74, 6) is 1.20. The minimum Gasteiger partial charge on any atom is -0.495 e. The quantitative estimate of drug-likeness (QED) is 0.771. The van der Waals surface area contributed by atoms with Gasteiger partial charge < -0.3 is 25.0 Å². The minimum atomic E-state index is -0.424. The van der Waals surface area contributed by atoms with E-state index in [-0.39, 0.29) is 18.4 Å². The second kappa shape index (κ2) is 8.84. The largest absolute Gasteiger partial charge is 0.495 e. The molecule has 2 aromatic rings. The van der Waals surface area contributed by atoms with Gasteiger partial charge in [0.15, 0.2) is 0 Å². The summed E-state index contributed by atoms with van der Waals surface area (Å²) in [7, 11) is 1.51. The molecule has 0 spiro atoms. The number of rotatable bonds is 6. The molecule has 1 heterocycles. The number of nitrogens with zero attached hydrogens (tertiary/aromatic N) is 1. The third-order valence-electron chi connectivity index (χ3n) is 4.33. The van der Waals surface area contributed by atoms with Gasteiger partial charge in [-0.2, -0.15) is 0 Å². The molecule has 2 aromatic carbocycles. The number of urea groups is 1. The number of methoxy groups -OCH3 is 1. The summed E-state index contributed by atoms with van der Waals surface area (Å²) in [4.78, 5) is 26.4. The number of benzene rings is 2.